The molecule has 3 heteroatoms. The Morgan fingerprint density at radius 2 is 2.20 bits per heavy atom. The van der Waals surface area contributed by atoms with Gasteiger partial charge < -0.3 is 10.1 Å². The fourth-order valence-corrected chi connectivity index (χ4v) is 2.76. The number of benzene rings is 1. The second-order valence-electron chi connectivity index (χ2n) is 5.68. The Morgan fingerprint density at radius 1 is 1.35 bits per heavy atom. The third-order valence-corrected chi connectivity index (χ3v) is 3.91. The van der Waals surface area contributed by atoms with E-state index in [1.165, 1.54) is 30.6 Å². The van der Waals surface area contributed by atoms with E-state index in [0.717, 1.165) is 32.7 Å². The van der Waals surface area contributed by atoms with Crippen LogP contribution in [0, 0.1) is 6.92 Å². The maximum Gasteiger partial charge on any atom is 0.0702 e. The number of aryl methyl sites for hydroxylation is 1. The number of likely N-dealkylation sites (tertiary alicyclic amines) is 1. The van der Waals surface area contributed by atoms with Crippen LogP contribution in [-0.2, 0) is 4.74 Å². The third-order valence-electron chi connectivity index (χ3n) is 3.91. The number of ether oxygens (including phenoxy) is 1. The predicted octanol–water partition coefficient (Wildman–Crippen LogP) is 3.30. The summed E-state index contributed by atoms with van der Waals surface area (Å²) in [5, 5.41) is 3.54. The molecule has 1 fully saturated rings. The van der Waals surface area contributed by atoms with Crippen LogP contribution < -0.4 is 5.32 Å². The number of nitrogens with one attached hydrogen (secondary N) is 1. The van der Waals surface area contributed by atoms with Crippen LogP contribution in [0.5, 0.6) is 0 Å². The van der Waals surface area contributed by atoms with E-state index in [-0.39, 0.29) is 0 Å². The predicted molar refractivity (Wildman–Crippen MR) is 85.4 cm³/mol. The van der Waals surface area contributed by atoms with Gasteiger partial charge in [0, 0.05) is 31.9 Å². The molecular formula is C17H28N2O. The van der Waals surface area contributed by atoms with Crippen molar-refractivity contribution in [3.8, 4) is 0 Å². The molecule has 1 unspecified atom stereocenters. The van der Waals surface area contributed by atoms with Gasteiger partial charge in [-0.3, -0.25) is 4.90 Å². The lowest BCUT2D eigenvalue weighted by Gasteiger charge is -2.32. The summed E-state index contributed by atoms with van der Waals surface area (Å²) in [6.45, 7) is 9.63. The molecule has 0 radical (unpaired) electrons. The molecule has 0 spiro atoms. The lowest BCUT2D eigenvalue weighted by Crippen LogP contribution is -2.41. The Balaban J connectivity index is 1.70. The third kappa shape index (κ3) is 4.80. The minimum absolute atomic E-state index is 0.446. The van der Waals surface area contributed by atoms with Crippen LogP contribution in [-0.4, -0.2) is 43.8 Å². The first-order chi connectivity index (χ1) is 9.79. The highest BCUT2D eigenvalue weighted by Crippen LogP contribution is 2.15. The summed E-state index contributed by atoms with van der Waals surface area (Å²) in [6, 6.07) is 8.47. The first-order valence-electron chi connectivity index (χ1n) is 7.93. The fourth-order valence-electron chi connectivity index (χ4n) is 2.76. The SMILES string of the molecule is CCCOC1CCCN(CCNc2ccccc2C)C1. The van der Waals surface area contributed by atoms with Crippen LogP contribution in [0.3, 0.4) is 0 Å². The van der Waals surface area contributed by atoms with Crippen LogP contribution >= 0.6 is 0 Å². The van der Waals surface area contributed by atoms with E-state index in [9.17, 15) is 0 Å². The summed E-state index contributed by atoms with van der Waals surface area (Å²) in [4.78, 5) is 2.52. The number of hydrogen-bond acceptors (Lipinski definition) is 3. The summed E-state index contributed by atoms with van der Waals surface area (Å²) in [7, 11) is 0. The Kier molecular flexibility index (Phi) is 6.34. The van der Waals surface area contributed by atoms with Gasteiger partial charge in [-0.15, -0.1) is 0 Å². The topological polar surface area (TPSA) is 24.5 Å². The van der Waals surface area contributed by atoms with Gasteiger partial charge in [0.2, 0.25) is 0 Å². The van der Waals surface area contributed by atoms with Gasteiger partial charge in [-0.05, 0) is 44.4 Å². The highest BCUT2D eigenvalue weighted by atomic mass is 16.5. The summed E-state index contributed by atoms with van der Waals surface area (Å²) in [5.41, 5.74) is 2.57. The average molecular weight is 276 g/mol. The minimum atomic E-state index is 0.446. The van der Waals surface area contributed by atoms with Crippen molar-refractivity contribution in [2.45, 2.75) is 39.2 Å². The quantitative estimate of drug-likeness (QED) is 0.827. The molecule has 1 N–H and O–H groups in total. The van der Waals surface area contributed by atoms with Crippen molar-refractivity contribution in [3.63, 3.8) is 0 Å². The van der Waals surface area contributed by atoms with Crippen molar-refractivity contribution in [2.75, 3.05) is 38.1 Å². The zero-order valence-corrected chi connectivity index (χ0v) is 12.9. The molecule has 1 aromatic rings. The molecule has 1 aliphatic rings. The van der Waals surface area contributed by atoms with E-state index in [2.05, 4.69) is 48.3 Å². The van der Waals surface area contributed by atoms with Crippen LogP contribution in [0.4, 0.5) is 5.69 Å². The molecule has 0 saturated carbocycles. The van der Waals surface area contributed by atoms with E-state index in [0.29, 0.717) is 6.10 Å². The molecule has 3 nitrogen and oxygen atoms in total. The number of piperidine rings is 1. The second-order valence-corrected chi connectivity index (χ2v) is 5.68. The lowest BCUT2D eigenvalue weighted by atomic mass is 10.1. The second kappa shape index (κ2) is 8.28. The van der Waals surface area contributed by atoms with Gasteiger partial charge in [0.1, 0.15) is 0 Å². The smallest absolute Gasteiger partial charge is 0.0702 e. The largest absolute Gasteiger partial charge is 0.384 e. The molecule has 0 aliphatic carbocycles. The fraction of sp³-hybridized carbons (Fsp3) is 0.647. The molecule has 1 aliphatic heterocycles. The number of rotatable bonds is 7. The maximum atomic E-state index is 5.88. The maximum absolute atomic E-state index is 5.88. The highest BCUT2D eigenvalue weighted by Gasteiger charge is 2.19. The molecule has 112 valence electrons. The van der Waals surface area contributed by atoms with Crippen LogP contribution in [0.15, 0.2) is 24.3 Å². The van der Waals surface area contributed by atoms with Crippen molar-refractivity contribution in [1.29, 1.82) is 0 Å². The molecular weight excluding hydrogens is 248 g/mol. The van der Waals surface area contributed by atoms with Crippen molar-refractivity contribution in [3.05, 3.63) is 29.8 Å². The summed E-state index contributed by atoms with van der Waals surface area (Å²) in [5.74, 6) is 0. The zero-order chi connectivity index (χ0) is 14.2. The minimum Gasteiger partial charge on any atom is -0.384 e. The molecule has 1 saturated heterocycles. The molecule has 0 amide bonds. The van der Waals surface area contributed by atoms with E-state index < -0.39 is 0 Å². The molecule has 1 heterocycles. The summed E-state index contributed by atoms with van der Waals surface area (Å²) >= 11 is 0. The van der Waals surface area contributed by atoms with Crippen molar-refractivity contribution in [1.82, 2.24) is 4.90 Å². The monoisotopic (exact) mass is 276 g/mol. The Bertz CT molecular complexity index is 394. The molecule has 20 heavy (non-hydrogen) atoms. The van der Waals surface area contributed by atoms with Gasteiger partial charge in [0.15, 0.2) is 0 Å². The van der Waals surface area contributed by atoms with Crippen molar-refractivity contribution >= 4 is 5.69 Å². The molecule has 1 aromatic carbocycles. The van der Waals surface area contributed by atoms with Crippen LogP contribution in [0.1, 0.15) is 31.7 Å². The normalized spacial score (nSPS) is 20.0. The van der Waals surface area contributed by atoms with Crippen LogP contribution in [0.2, 0.25) is 0 Å². The molecule has 0 bridgehead atoms. The standard InChI is InChI=1S/C17H28N2O/c1-3-13-20-16-8-6-11-19(14-16)12-10-18-17-9-5-4-7-15(17)2/h4-5,7,9,16,18H,3,6,8,10-14H2,1-2H3. The van der Waals surface area contributed by atoms with Gasteiger partial charge in [0.05, 0.1) is 6.10 Å². The average Bonchev–Trinajstić information content (AvgIpc) is 2.48. The number of anilines is 1. The van der Waals surface area contributed by atoms with Gasteiger partial charge >= 0.3 is 0 Å². The zero-order valence-electron chi connectivity index (χ0n) is 12.9. The number of hydrogen-bond donors (Lipinski definition) is 1. The van der Waals surface area contributed by atoms with E-state index in [1.807, 2.05) is 0 Å². The van der Waals surface area contributed by atoms with E-state index >= 15 is 0 Å². The van der Waals surface area contributed by atoms with Crippen molar-refractivity contribution in [2.24, 2.45) is 0 Å². The summed E-state index contributed by atoms with van der Waals surface area (Å²) < 4.78 is 5.88. The van der Waals surface area contributed by atoms with Gasteiger partial charge in [-0.25, -0.2) is 0 Å². The van der Waals surface area contributed by atoms with Gasteiger partial charge in [-0.1, -0.05) is 25.1 Å². The Morgan fingerprint density at radius 3 is 3.00 bits per heavy atom. The molecule has 2 rings (SSSR count). The number of para-hydroxylation sites is 1. The molecule has 0 aromatic heterocycles. The van der Waals surface area contributed by atoms with Gasteiger partial charge in [0.25, 0.3) is 0 Å². The summed E-state index contributed by atoms with van der Waals surface area (Å²) in [6.07, 6.45) is 4.05. The first kappa shape index (κ1) is 15.3. The Labute approximate surface area is 123 Å². The Hall–Kier alpha value is -1.06. The van der Waals surface area contributed by atoms with Crippen LogP contribution in [0.25, 0.3) is 0 Å². The molecule has 1 atom stereocenters. The lowest BCUT2D eigenvalue weighted by molar-refractivity contribution is 0.00110. The number of nitrogens with zero attached hydrogens (tertiary/aromatic N) is 1. The van der Waals surface area contributed by atoms with Crippen molar-refractivity contribution < 1.29 is 4.74 Å². The van der Waals surface area contributed by atoms with E-state index in [1.54, 1.807) is 0 Å². The van der Waals surface area contributed by atoms with Gasteiger partial charge in [-0.2, -0.15) is 0 Å². The first-order valence-corrected chi connectivity index (χ1v) is 7.93. The highest BCUT2D eigenvalue weighted by molar-refractivity contribution is 5.50. The van der Waals surface area contributed by atoms with E-state index in [4.69, 9.17) is 4.74 Å².